The van der Waals surface area contributed by atoms with Gasteiger partial charge in [-0.2, -0.15) is 0 Å². The predicted octanol–water partition coefficient (Wildman–Crippen LogP) is 5.26. The molecular weight excluding hydrogens is 357 g/mol. The number of unbranched alkanes of at least 4 members (excludes halogenated alkanes) is 10. The summed E-state index contributed by atoms with van der Waals surface area (Å²) in [6.45, 7) is 2.25. The van der Waals surface area contributed by atoms with Gasteiger partial charge in [0.15, 0.2) is 11.1 Å². The summed E-state index contributed by atoms with van der Waals surface area (Å²) in [6.07, 6.45) is 14.5. The van der Waals surface area contributed by atoms with Crippen LogP contribution in [0.15, 0.2) is 29.2 Å². The standard InChI is InChI=1S/C20H33NO3S.Na.H/c1-2-3-4-5-6-7-8-9-10-11-12-13-20(22)21-18-14-16-19(17-15-18)25(23)24;;/h14-17H,2-13H2,1H3,(H,21,22)(H,23,24);;. The molecule has 1 rings (SSSR count). The Bertz CT molecular complexity index is 508. The number of benzene rings is 1. The van der Waals surface area contributed by atoms with Gasteiger partial charge in [-0.3, -0.25) is 4.79 Å². The third-order valence-corrected chi connectivity index (χ3v) is 5.02. The van der Waals surface area contributed by atoms with Crippen LogP contribution in [0.1, 0.15) is 84.0 Å². The van der Waals surface area contributed by atoms with Gasteiger partial charge in [0.25, 0.3) is 0 Å². The molecule has 0 spiro atoms. The first-order valence-corrected chi connectivity index (χ1v) is 10.7. The number of rotatable bonds is 14. The zero-order chi connectivity index (χ0) is 18.3. The molecule has 4 nitrogen and oxygen atoms in total. The van der Waals surface area contributed by atoms with E-state index in [1.165, 1.54) is 57.8 Å². The Morgan fingerprint density at radius 3 is 1.81 bits per heavy atom. The third kappa shape index (κ3) is 13.0. The van der Waals surface area contributed by atoms with E-state index in [-0.39, 0.29) is 35.5 Å². The first-order chi connectivity index (χ1) is 12.1. The fraction of sp³-hybridized carbons (Fsp3) is 0.650. The molecule has 0 aliphatic rings. The molecule has 1 atom stereocenters. The number of amides is 1. The van der Waals surface area contributed by atoms with E-state index in [4.69, 9.17) is 4.55 Å². The van der Waals surface area contributed by atoms with E-state index >= 15 is 0 Å². The molecule has 1 aromatic rings. The minimum atomic E-state index is -1.98. The molecule has 2 N–H and O–H groups in total. The van der Waals surface area contributed by atoms with Crippen LogP contribution in [-0.2, 0) is 15.9 Å². The maximum atomic E-state index is 11.9. The molecule has 0 saturated heterocycles. The molecule has 6 heteroatoms. The van der Waals surface area contributed by atoms with Crippen molar-refractivity contribution in [3.63, 3.8) is 0 Å². The van der Waals surface area contributed by atoms with E-state index in [2.05, 4.69) is 12.2 Å². The SMILES string of the molecule is CCCCCCCCCCCCCC(=O)Nc1ccc(S(=O)O)cc1.[NaH]. The van der Waals surface area contributed by atoms with E-state index in [0.717, 1.165) is 12.8 Å². The molecule has 0 radical (unpaired) electrons. The van der Waals surface area contributed by atoms with Gasteiger partial charge in [-0.1, -0.05) is 71.1 Å². The van der Waals surface area contributed by atoms with Crippen LogP contribution in [0.2, 0.25) is 0 Å². The van der Waals surface area contributed by atoms with Crippen LogP contribution < -0.4 is 5.32 Å². The molecule has 1 amide bonds. The van der Waals surface area contributed by atoms with Crippen molar-refractivity contribution in [2.45, 2.75) is 88.9 Å². The second kappa shape index (κ2) is 16.9. The van der Waals surface area contributed by atoms with E-state index in [0.29, 0.717) is 17.0 Å². The van der Waals surface area contributed by atoms with Crippen molar-refractivity contribution >= 4 is 52.2 Å². The second-order valence-corrected chi connectivity index (χ2v) is 7.58. The number of hydrogen-bond donors (Lipinski definition) is 2. The van der Waals surface area contributed by atoms with Crippen molar-refractivity contribution < 1.29 is 13.6 Å². The first kappa shape index (κ1) is 25.8. The Kier molecular flexibility index (Phi) is 16.8. The number of carbonyl (C=O) groups is 1. The van der Waals surface area contributed by atoms with Crippen LogP contribution >= 0.6 is 0 Å². The van der Waals surface area contributed by atoms with Crippen molar-refractivity contribution in [3.05, 3.63) is 24.3 Å². The topological polar surface area (TPSA) is 66.4 Å². The van der Waals surface area contributed by atoms with Crippen molar-refractivity contribution in [2.75, 3.05) is 5.32 Å². The Balaban J connectivity index is 0.00000625. The second-order valence-electron chi connectivity index (χ2n) is 6.61. The summed E-state index contributed by atoms with van der Waals surface area (Å²) in [4.78, 5) is 12.2. The van der Waals surface area contributed by atoms with Crippen LogP contribution in [0, 0.1) is 0 Å². The Morgan fingerprint density at radius 1 is 0.885 bits per heavy atom. The molecule has 144 valence electrons. The van der Waals surface area contributed by atoms with E-state index < -0.39 is 11.1 Å². The summed E-state index contributed by atoms with van der Waals surface area (Å²) in [5.74, 6) is 0.00814. The molecule has 0 aromatic heterocycles. The molecule has 26 heavy (non-hydrogen) atoms. The Hall–Kier alpha value is -0.200. The van der Waals surface area contributed by atoms with Gasteiger partial charge >= 0.3 is 29.6 Å². The molecule has 0 saturated carbocycles. The fourth-order valence-electron chi connectivity index (χ4n) is 2.83. The Labute approximate surface area is 183 Å². The summed E-state index contributed by atoms with van der Waals surface area (Å²) in [6, 6.07) is 6.41. The van der Waals surface area contributed by atoms with Gasteiger partial charge in [-0.05, 0) is 30.7 Å². The molecule has 1 unspecified atom stereocenters. The van der Waals surface area contributed by atoms with Crippen molar-refractivity contribution in [3.8, 4) is 0 Å². The van der Waals surface area contributed by atoms with E-state index in [9.17, 15) is 9.00 Å². The van der Waals surface area contributed by atoms with Crippen LogP contribution in [-0.4, -0.2) is 44.2 Å². The molecular formula is C20H34NNaO3S. The van der Waals surface area contributed by atoms with E-state index in [1.54, 1.807) is 24.3 Å². The van der Waals surface area contributed by atoms with Crippen LogP contribution in [0.25, 0.3) is 0 Å². The molecule has 0 heterocycles. The van der Waals surface area contributed by atoms with Gasteiger partial charge in [0.1, 0.15) is 0 Å². The van der Waals surface area contributed by atoms with Gasteiger partial charge in [0, 0.05) is 12.1 Å². The molecule has 1 aromatic carbocycles. The number of carbonyl (C=O) groups excluding carboxylic acids is 1. The summed E-state index contributed by atoms with van der Waals surface area (Å²) >= 11 is -1.98. The monoisotopic (exact) mass is 391 g/mol. The molecule has 0 aliphatic heterocycles. The van der Waals surface area contributed by atoms with Crippen LogP contribution in [0.5, 0.6) is 0 Å². The van der Waals surface area contributed by atoms with Gasteiger partial charge in [-0.15, -0.1) is 0 Å². The summed E-state index contributed by atoms with van der Waals surface area (Å²) in [5.41, 5.74) is 0.669. The van der Waals surface area contributed by atoms with Gasteiger partial charge in [-0.25, -0.2) is 4.21 Å². The van der Waals surface area contributed by atoms with Crippen molar-refractivity contribution in [1.82, 2.24) is 0 Å². The average molecular weight is 392 g/mol. The van der Waals surface area contributed by atoms with Gasteiger partial charge in [0.05, 0.1) is 4.90 Å². The number of nitrogens with one attached hydrogen (secondary N) is 1. The quantitative estimate of drug-likeness (QED) is 0.258. The summed E-state index contributed by atoms with van der Waals surface area (Å²) in [7, 11) is 0. The average Bonchev–Trinajstić information content (AvgIpc) is 2.60. The predicted molar refractivity (Wildman–Crippen MR) is 112 cm³/mol. The molecule has 0 fully saturated rings. The molecule has 0 aliphatic carbocycles. The first-order valence-electron chi connectivity index (χ1n) is 9.64. The zero-order valence-corrected chi connectivity index (χ0v) is 16.3. The Morgan fingerprint density at radius 2 is 1.35 bits per heavy atom. The third-order valence-electron chi connectivity index (χ3n) is 4.35. The number of anilines is 1. The van der Waals surface area contributed by atoms with Gasteiger partial charge < -0.3 is 9.87 Å². The summed E-state index contributed by atoms with van der Waals surface area (Å²) < 4.78 is 19.8. The number of hydrogen-bond acceptors (Lipinski definition) is 2. The van der Waals surface area contributed by atoms with Crippen molar-refractivity contribution in [1.29, 1.82) is 0 Å². The minimum absolute atomic E-state index is 0. The normalized spacial score (nSPS) is 11.6. The van der Waals surface area contributed by atoms with Gasteiger partial charge in [0.2, 0.25) is 5.91 Å². The zero-order valence-electron chi connectivity index (χ0n) is 15.5. The van der Waals surface area contributed by atoms with E-state index in [1.807, 2.05) is 0 Å². The van der Waals surface area contributed by atoms with Crippen LogP contribution in [0.4, 0.5) is 5.69 Å². The summed E-state index contributed by atoms with van der Waals surface area (Å²) in [5, 5.41) is 2.82. The molecule has 0 bridgehead atoms. The van der Waals surface area contributed by atoms with Crippen LogP contribution in [0.3, 0.4) is 0 Å². The van der Waals surface area contributed by atoms with Crippen molar-refractivity contribution in [2.24, 2.45) is 0 Å². The maximum absolute atomic E-state index is 11.9. The fourth-order valence-corrected chi connectivity index (χ4v) is 3.20.